The van der Waals surface area contributed by atoms with E-state index in [1.165, 1.54) is 0 Å². The standard InChI is InChI=1S/C13H11F3N2/c1-7-2-3-8(6-10(7)17)18-11-5-4-9(14)12(15)13(11)16/h2-6,18H,17H2,1H3. The minimum Gasteiger partial charge on any atom is -0.398 e. The quantitative estimate of drug-likeness (QED) is 0.631. The summed E-state index contributed by atoms with van der Waals surface area (Å²) in [5.74, 6) is -3.98. The lowest BCUT2D eigenvalue weighted by Gasteiger charge is -2.10. The van der Waals surface area contributed by atoms with E-state index in [0.29, 0.717) is 11.4 Å². The average Bonchev–Trinajstić information content (AvgIpc) is 2.34. The minimum absolute atomic E-state index is 0.142. The highest BCUT2D eigenvalue weighted by molar-refractivity contribution is 5.65. The number of aryl methyl sites for hydroxylation is 1. The Balaban J connectivity index is 2.34. The monoisotopic (exact) mass is 252 g/mol. The van der Waals surface area contributed by atoms with Crippen LogP contribution in [0.5, 0.6) is 0 Å². The van der Waals surface area contributed by atoms with Gasteiger partial charge in [0.05, 0.1) is 5.69 Å². The van der Waals surface area contributed by atoms with Gasteiger partial charge in [0, 0.05) is 11.4 Å². The summed E-state index contributed by atoms with van der Waals surface area (Å²) in [6.45, 7) is 1.83. The van der Waals surface area contributed by atoms with Gasteiger partial charge in [-0.3, -0.25) is 0 Å². The van der Waals surface area contributed by atoms with Crippen LogP contribution in [-0.4, -0.2) is 0 Å². The van der Waals surface area contributed by atoms with Crippen molar-refractivity contribution in [3.63, 3.8) is 0 Å². The fraction of sp³-hybridized carbons (Fsp3) is 0.0769. The summed E-state index contributed by atoms with van der Waals surface area (Å²) in [6.07, 6.45) is 0. The van der Waals surface area contributed by atoms with Gasteiger partial charge in [-0.2, -0.15) is 0 Å². The van der Waals surface area contributed by atoms with E-state index in [1.807, 2.05) is 6.92 Å². The molecule has 0 saturated heterocycles. The average molecular weight is 252 g/mol. The predicted molar refractivity (Wildman–Crippen MR) is 65.2 cm³/mol. The lowest BCUT2D eigenvalue weighted by molar-refractivity contribution is 0.449. The van der Waals surface area contributed by atoms with Gasteiger partial charge in [0.25, 0.3) is 0 Å². The molecule has 2 rings (SSSR count). The molecule has 0 unspecified atom stereocenters. The second-order valence-electron chi connectivity index (χ2n) is 3.92. The maximum Gasteiger partial charge on any atom is 0.196 e. The third-order valence-corrected chi connectivity index (χ3v) is 2.59. The number of anilines is 3. The molecule has 0 heterocycles. The summed E-state index contributed by atoms with van der Waals surface area (Å²) in [5.41, 5.74) is 7.47. The van der Waals surface area contributed by atoms with Crippen LogP contribution in [0.1, 0.15) is 5.56 Å². The van der Waals surface area contributed by atoms with E-state index < -0.39 is 17.5 Å². The molecule has 2 aromatic carbocycles. The van der Waals surface area contributed by atoms with E-state index >= 15 is 0 Å². The first kappa shape index (κ1) is 12.3. The first-order valence-electron chi connectivity index (χ1n) is 5.25. The van der Waals surface area contributed by atoms with Crippen LogP contribution in [0, 0.1) is 24.4 Å². The molecule has 2 nitrogen and oxygen atoms in total. The number of nitrogen functional groups attached to an aromatic ring is 1. The number of hydrogen-bond acceptors (Lipinski definition) is 2. The molecule has 0 radical (unpaired) electrons. The van der Waals surface area contributed by atoms with Crippen LogP contribution < -0.4 is 11.1 Å². The van der Waals surface area contributed by atoms with Crippen LogP contribution >= 0.6 is 0 Å². The molecule has 0 bridgehead atoms. The van der Waals surface area contributed by atoms with Crippen molar-refractivity contribution in [2.45, 2.75) is 6.92 Å². The van der Waals surface area contributed by atoms with Crippen LogP contribution in [0.4, 0.5) is 30.2 Å². The van der Waals surface area contributed by atoms with Crippen molar-refractivity contribution in [1.82, 2.24) is 0 Å². The molecular formula is C13H11F3N2. The highest BCUT2D eigenvalue weighted by Gasteiger charge is 2.13. The van der Waals surface area contributed by atoms with Gasteiger partial charge in [0.2, 0.25) is 0 Å². The Labute approximate surface area is 102 Å². The van der Waals surface area contributed by atoms with Crippen molar-refractivity contribution in [3.8, 4) is 0 Å². The second-order valence-corrected chi connectivity index (χ2v) is 3.92. The molecule has 0 aliphatic heterocycles. The van der Waals surface area contributed by atoms with Crippen LogP contribution in [-0.2, 0) is 0 Å². The number of nitrogens with one attached hydrogen (secondary N) is 1. The Morgan fingerprint density at radius 1 is 1.00 bits per heavy atom. The van der Waals surface area contributed by atoms with Crippen LogP contribution in [0.2, 0.25) is 0 Å². The first-order chi connectivity index (χ1) is 8.49. The Morgan fingerprint density at radius 3 is 2.39 bits per heavy atom. The normalized spacial score (nSPS) is 10.4. The summed E-state index contributed by atoms with van der Waals surface area (Å²) in [5, 5.41) is 2.65. The van der Waals surface area contributed by atoms with Crippen molar-refractivity contribution >= 4 is 17.1 Å². The SMILES string of the molecule is Cc1ccc(Nc2ccc(F)c(F)c2F)cc1N. The van der Waals surface area contributed by atoms with E-state index in [2.05, 4.69) is 5.32 Å². The van der Waals surface area contributed by atoms with Gasteiger partial charge in [-0.15, -0.1) is 0 Å². The van der Waals surface area contributed by atoms with E-state index in [9.17, 15) is 13.2 Å². The van der Waals surface area contributed by atoms with Crippen molar-refractivity contribution < 1.29 is 13.2 Å². The van der Waals surface area contributed by atoms with Crippen molar-refractivity contribution in [2.75, 3.05) is 11.1 Å². The summed E-state index contributed by atoms with van der Waals surface area (Å²) in [6, 6.07) is 7.00. The molecule has 94 valence electrons. The van der Waals surface area contributed by atoms with Gasteiger partial charge in [0.1, 0.15) is 0 Å². The van der Waals surface area contributed by atoms with Crippen molar-refractivity contribution in [3.05, 3.63) is 53.3 Å². The van der Waals surface area contributed by atoms with Gasteiger partial charge in [-0.25, -0.2) is 13.2 Å². The number of benzene rings is 2. The predicted octanol–water partition coefficient (Wildman–Crippen LogP) is 3.74. The molecule has 0 aliphatic rings. The zero-order chi connectivity index (χ0) is 13.3. The summed E-state index contributed by atoms with van der Waals surface area (Å²) in [4.78, 5) is 0. The fourth-order valence-corrected chi connectivity index (χ4v) is 1.50. The topological polar surface area (TPSA) is 38.0 Å². The first-order valence-corrected chi connectivity index (χ1v) is 5.25. The zero-order valence-corrected chi connectivity index (χ0v) is 9.60. The molecule has 2 aromatic rings. The number of hydrogen-bond donors (Lipinski definition) is 2. The minimum atomic E-state index is -1.50. The Kier molecular flexibility index (Phi) is 3.14. The second kappa shape index (κ2) is 4.60. The molecule has 5 heteroatoms. The van der Waals surface area contributed by atoms with Gasteiger partial charge in [-0.05, 0) is 36.8 Å². The molecule has 0 aromatic heterocycles. The van der Waals surface area contributed by atoms with Gasteiger partial charge < -0.3 is 11.1 Å². The number of rotatable bonds is 2. The van der Waals surface area contributed by atoms with E-state index in [1.54, 1.807) is 18.2 Å². The van der Waals surface area contributed by atoms with Crippen molar-refractivity contribution in [2.24, 2.45) is 0 Å². The van der Waals surface area contributed by atoms with E-state index in [0.717, 1.165) is 17.7 Å². The summed E-state index contributed by atoms with van der Waals surface area (Å²) < 4.78 is 39.2. The molecule has 0 aliphatic carbocycles. The van der Waals surface area contributed by atoms with Crippen LogP contribution in [0.25, 0.3) is 0 Å². The maximum absolute atomic E-state index is 13.4. The fourth-order valence-electron chi connectivity index (χ4n) is 1.50. The molecular weight excluding hydrogens is 241 g/mol. The molecule has 0 saturated carbocycles. The molecule has 0 spiro atoms. The lowest BCUT2D eigenvalue weighted by atomic mass is 10.2. The molecule has 3 N–H and O–H groups in total. The third-order valence-electron chi connectivity index (χ3n) is 2.59. The van der Waals surface area contributed by atoms with E-state index in [4.69, 9.17) is 5.73 Å². The van der Waals surface area contributed by atoms with Gasteiger partial charge >= 0.3 is 0 Å². The smallest absolute Gasteiger partial charge is 0.196 e. The van der Waals surface area contributed by atoms with Crippen LogP contribution in [0.3, 0.4) is 0 Å². The molecule has 18 heavy (non-hydrogen) atoms. The third kappa shape index (κ3) is 2.25. The number of halogens is 3. The molecule has 0 fully saturated rings. The Hall–Kier alpha value is -2.17. The van der Waals surface area contributed by atoms with Crippen LogP contribution in [0.15, 0.2) is 30.3 Å². The van der Waals surface area contributed by atoms with E-state index in [-0.39, 0.29) is 5.69 Å². The Morgan fingerprint density at radius 2 is 1.72 bits per heavy atom. The van der Waals surface area contributed by atoms with Crippen molar-refractivity contribution in [1.29, 1.82) is 0 Å². The molecule has 0 atom stereocenters. The zero-order valence-electron chi connectivity index (χ0n) is 9.60. The highest BCUT2D eigenvalue weighted by Crippen LogP contribution is 2.25. The van der Waals surface area contributed by atoms with Gasteiger partial charge in [-0.1, -0.05) is 6.07 Å². The Bertz CT molecular complexity index is 597. The highest BCUT2D eigenvalue weighted by atomic mass is 19.2. The number of nitrogens with two attached hydrogens (primary N) is 1. The summed E-state index contributed by atoms with van der Waals surface area (Å²) >= 11 is 0. The maximum atomic E-state index is 13.4. The summed E-state index contributed by atoms with van der Waals surface area (Å²) in [7, 11) is 0. The largest absolute Gasteiger partial charge is 0.398 e. The molecule has 0 amide bonds. The lowest BCUT2D eigenvalue weighted by Crippen LogP contribution is -1.99. The van der Waals surface area contributed by atoms with Gasteiger partial charge in [0.15, 0.2) is 17.5 Å².